The Hall–Kier alpha value is -2.34. The molecular formula is C14H17N5O3S. The van der Waals surface area contributed by atoms with Gasteiger partial charge in [0.2, 0.25) is 5.91 Å². The third kappa shape index (κ3) is 2.94. The molecule has 122 valence electrons. The largest absolute Gasteiger partial charge is 0.465 e. The third-order valence-electron chi connectivity index (χ3n) is 4.34. The van der Waals surface area contributed by atoms with Crippen LogP contribution in [0.5, 0.6) is 0 Å². The van der Waals surface area contributed by atoms with Crippen molar-refractivity contribution in [3.05, 3.63) is 10.6 Å². The number of anilines is 1. The van der Waals surface area contributed by atoms with Crippen LogP contribution < -0.4 is 5.32 Å². The maximum Gasteiger partial charge on any atom is 0.407 e. The predicted octanol–water partition coefficient (Wildman–Crippen LogP) is 1.48. The lowest BCUT2D eigenvalue weighted by Crippen LogP contribution is -2.37. The molecule has 2 unspecified atom stereocenters. The SMILES string of the molecule is CC1c2sc(NC(=O)C3CCN(C#N)C3)nc2CCN1C(=O)O. The molecule has 2 atom stereocenters. The zero-order valence-corrected chi connectivity index (χ0v) is 13.5. The lowest BCUT2D eigenvalue weighted by molar-refractivity contribution is -0.119. The van der Waals surface area contributed by atoms with Crippen molar-refractivity contribution in [2.24, 2.45) is 5.92 Å². The fourth-order valence-corrected chi connectivity index (χ4v) is 4.10. The quantitative estimate of drug-likeness (QED) is 0.792. The van der Waals surface area contributed by atoms with Gasteiger partial charge in [-0.15, -0.1) is 0 Å². The van der Waals surface area contributed by atoms with Gasteiger partial charge in [0.1, 0.15) is 0 Å². The number of thiazole rings is 1. The highest BCUT2D eigenvalue weighted by molar-refractivity contribution is 7.16. The molecule has 9 heteroatoms. The molecule has 23 heavy (non-hydrogen) atoms. The Morgan fingerprint density at radius 1 is 1.48 bits per heavy atom. The Kier molecular flexibility index (Phi) is 4.09. The van der Waals surface area contributed by atoms with Crippen LogP contribution in [0.4, 0.5) is 9.93 Å². The number of carbonyl (C=O) groups is 2. The molecule has 1 aromatic heterocycles. The molecule has 0 aliphatic carbocycles. The zero-order chi connectivity index (χ0) is 16.6. The van der Waals surface area contributed by atoms with Gasteiger partial charge in [0.05, 0.1) is 22.5 Å². The van der Waals surface area contributed by atoms with Crippen molar-refractivity contribution in [1.82, 2.24) is 14.8 Å². The van der Waals surface area contributed by atoms with E-state index in [9.17, 15) is 14.7 Å². The van der Waals surface area contributed by atoms with Gasteiger partial charge in [-0.2, -0.15) is 5.26 Å². The van der Waals surface area contributed by atoms with Crippen LogP contribution in [0.2, 0.25) is 0 Å². The molecule has 2 aliphatic rings. The van der Waals surface area contributed by atoms with E-state index in [2.05, 4.69) is 16.5 Å². The van der Waals surface area contributed by atoms with E-state index in [1.54, 1.807) is 4.90 Å². The van der Waals surface area contributed by atoms with Gasteiger partial charge in [-0.25, -0.2) is 9.78 Å². The molecule has 2 amide bonds. The predicted molar refractivity (Wildman–Crippen MR) is 82.9 cm³/mol. The minimum atomic E-state index is -0.940. The average Bonchev–Trinajstić information content (AvgIpc) is 3.13. The molecule has 0 spiro atoms. The molecule has 1 aromatic rings. The lowest BCUT2D eigenvalue weighted by Gasteiger charge is -2.29. The summed E-state index contributed by atoms with van der Waals surface area (Å²) in [6.45, 7) is 3.29. The Morgan fingerprint density at radius 3 is 2.91 bits per heavy atom. The number of likely N-dealkylation sites (tertiary alicyclic amines) is 1. The van der Waals surface area contributed by atoms with Crippen LogP contribution >= 0.6 is 11.3 Å². The van der Waals surface area contributed by atoms with Crippen LogP contribution in [-0.4, -0.2) is 51.5 Å². The van der Waals surface area contributed by atoms with Gasteiger partial charge >= 0.3 is 6.09 Å². The van der Waals surface area contributed by atoms with Crippen molar-refractivity contribution in [3.8, 4) is 6.19 Å². The molecule has 1 saturated heterocycles. The van der Waals surface area contributed by atoms with Gasteiger partial charge in [-0.1, -0.05) is 11.3 Å². The summed E-state index contributed by atoms with van der Waals surface area (Å²) >= 11 is 1.33. The van der Waals surface area contributed by atoms with Crippen molar-refractivity contribution >= 4 is 28.5 Å². The van der Waals surface area contributed by atoms with Gasteiger partial charge < -0.3 is 20.2 Å². The molecule has 2 aliphatic heterocycles. The number of carbonyl (C=O) groups excluding carboxylic acids is 1. The van der Waals surface area contributed by atoms with Crippen LogP contribution in [0.1, 0.15) is 30.0 Å². The molecule has 0 radical (unpaired) electrons. The van der Waals surface area contributed by atoms with Crippen LogP contribution in [0.15, 0.2) is 0 Å². The summed E-state index contributed by atoms with van der Waals surface area (Å²) in [6.07, 6.45) is 2.33. The highest BCUT2D eigenvalue weighted by Gasteiger charge is 2.32. The molecule has 0 bridgehead atoms. The van der Waals surface area contributed by atoms with E-state index in [4.69, 9.17) is 5.26 Å². The summed E-state index contributed by atoms with van der Waals surface area (Å²) in [5, 5.41) is 21.4. The van der Waals surface area contributed by atoms with E-state index in [0.717, 1.165) is 10.6 Å². The first kappa shape index (κ1) is 15.6. The number of amides is 2. The van der Waals surface area contributed by atoms with Crippen LogP contribution in [0.25, 0.3) is 0 Å². The van der Waals surface area contributed by atoms with Crippen molar-refractivity contribution in [2.45, 2.75) is 25.8 Å². The first-order valence-corrected chi connectivity index (χ1v) is 8.26. The first-order chi connectivity index (χ1) is 11.0. The number of rotatable bonds is 2. The molecule has 8 nitrogen and oxygen atoms in total. The number of hydrogen-bond acceptors (Lipinski definition) is 6. The highest BCUT2D eigenvalue weighted by atomic mass is 32.1. The Morgan fingerprint density at radius 2 is 2.26 bits per heavy atom. The second kappa shape index (κ2) is 6.04. The van der Waals surface area contributed by atoms with E-state index in [-0.39, 0.29) is 17.9 Å². The van der Waals surface area contributed by atoms with E-state index in [1.165, 1.54) is 16.2 Å². The maximum absolute atomic E-state index is 12.3. The van der Waals surface area contributed by atoms with Crippen molar-refractivity contribution in [2.75, 3.05) is 25.0 Å². The van der Waals surface area contributed by atoms with E-state index >= 15 is 0 Å². The van der Waals surface area contributed by atoms with Crippen LogP contribution in [-0.2, 0) is 11.2 Å². The molecule has 3 rings (SSSR count). The summed E-state index contributed by atoms with van der Waals surface area (Å²) in [4.78, 5) is 31.7. The van der Waals surface area contributed by atoms with Crippen LogP contribution in [0.3, 0.4) is 0 Å². The number of nitriles is 1. The zero-order valence-electron chi connectivity index (χ0n) is 12.7. The lowest BCUT2D eigenvalue weighted by atomic mass is 10.1. The molecule has 0 aromatic carbocycles. The Labute approximate surface area is 137 Å². The number of nitrogens with one attached hydrogen (secondary N) is 1. The molecule has 0 saturated carbocycles. The van der Waals surface area contributed by atoms with E-state index < -0.39 is 6.09 Å². The number of fused-ring (bicyclic) bond motifs is 1. The monoisotopic (exact) mass is 335 g/mol. The van der Waals surface area contributed by atoms with Gasteiger partial charge in [-0.05, 0) is 13.3 Å². The first-order valence-electron chi connectivity index (χ1n) is 7.44. The fourth-order valence-electron chi connectivity index (χ4n) is 3.02. The van der Waals surface area contributed by atoms with Gasteiger partial charge in [0, 0.05) is 26.1 Å². The molecule has 3 heterocycles. The van der Waals surface area contributed by atoms with E-state index in [0.29, 0.717) is 37.6 Å². The topological polar surface area (TPSA) is 110 Å². The Bertz CT molecular complexity index is 682. The number of hydrogen-bond donors (Lipinski definition) is 2. The van der Waals surface area contributed by atoms with Gasteiger partial charge in [0.25, 0.3) is 0 Å². The van der Waals surface area contributed by atoms with Crippen molar-refractivity contribution < 1.29 is 14.7 Å². The summed E-state index contributed by atoms with van der Waals surface area (Å²) in [7, 11) is 0. The fraction of sp³-hybridized carbons (Fsp3) is 0.571. The highest BCUT2D eigenvalue weighted by Crippen LogP contribution is 2.36. The second-order valence-corrected chi connectivity index (χ2v) is 6.78. The van der Waals surface area contributed by atoms with Crippen molar-refractivity contribution in [3.63, 3.8) is 0 Å². The average molecular weight is 335 g/mol. The molecular weight excluding hydrogens is 318 g/mol. The van der Waals surface area contributed by atoms with Crippen molar-refractivity contribution in [1.29, 1.82) is 5.26 Å². The van der Waals surface area contributed by atoms with E-state index in [1.807, 2.05) is 6.92 Å². The smallest absolute Gasteiger partial charge is 0.407 e. The van der Waals surface area contributed by atoms with Gasteiger partial charge in [0.15, 0.2) is 11.3 Å². The summed E-state index contributed by atoms with van der Waals surface area (Å²) in [5.74, 6) is -0.333. The third-order valence-corrected chi connectivity index (χ3v) is 5.52. The number of carboxylic acid groups (broad SMARTS) is 1. The number of nitrogens with zero attached hydrogens (tertiary/aromatic N) is 4. The molecule has 2 N–H and O–H groups in total. The summed E-state index contributed by atoms with van der Waals surface area (Å²) in [6, 6.07) is -0.250. The summed E-state index contributed by atoms with van der Waals surface area (Å²) < 4.78 is 0. The molecule has 1 fully saturated rings. The minimum absolute atomic E-state index is 0.128. The summed E-state index contributed by atoms with van der Waals surface area (Å²) in [5.41, 5.74) is 0.861. The standard InChI is InChI=1S/C14H17N5O3S/c1-8-11-10(3-5-19(8)14(21)22)16-13(23-11)17-12(20)9-2-4-18(6-9)7-15/h8-9H,2-6H2,1H3,(H,21,22)(H,16,17,20). The van der Waals surface area contributed by atoms with Crippen LogP contribution in [0, 0.1) is 17.4 Å². The Balaban J connectivity index is 1.69. The number of aromatic nitrogens is 1. The van der Waals surface area contributed by atoms with Gasteiger partial charge in [-0.3, -0.25) is 4.79 Å². The second-order valence-electron chi connectivity index (χ2n) is 5.75. The normalized spacial score (nSPS) is 23.3. The minimum Gasteiger partial charge on any atom is -0.465 e. The maximum atomic E-state index is 12.3.